The Hall–Kier alpha value is -3.19. The van der Waals surface area contributed by atoms with Crippen molar-refractivity contribution in [3.63, 3.8) is 0 Å². The van der Waals surface area contributed by atoms with E-state index in [0.717, 1.165) is 43.9 Å². The number of benzene rings is 2. The van der Waals surface area contributed by atoms with Gasteiger partial charge in [0, 0.05) is 37.3 Å². The van der Waals surface area contributed by atoms with Crippen molar-refractivity contribution in [2.24, 2.45) is 0 Å². The van der Waals surface area contributed by atoms with Gasteiger partial charge in [0.25, 0.3) is 11.8 Å². The van der Waals surface area contributed by atoms with Crippen molar-refractivity contribution in [1.29, 1.82) is 0 Å². The Kier molecular flexibility index (Phi) is 5.86. The van der Waals surface area contributed by atoms with Crippen molar-refractivity contribution in [3.05, 3.63) is 54.6 Å². The smallest absolute Gasteiger partial charge is 0.260 e. The molecule has 2 heterocycles. The van der Waals surface area contributed by atoms with Crippen molar-refractivity contribution in [3.8, 4) is 28.6 Å². The van der Waals surface area contributed by atoms with E-state index in [1.54, 1.807) is 0 Å². The highest BCUT2D eigenvalue weighted by atomic mass is 16.5. The van der Waals surface area contributed by atoms with Gasteiger partial charge in [-0.25, -0.2) is 0 Å². The molecule has 0 aliphatic carbocycles. The van der Waals surface area contributed by atoms with Crippen LogP contribution in [0.4, 0.5) is 0 Å². The van der Waals surface area contributed by atoms with E-state index in [2.05, 4.69) is 22.0 Å². The summed E-state index contributed by atoms with van der Waals surface area (Å²) in [5.74, 6) is 1.65. The van der Waals surface area contributed by atoms with E-state index in [0.29, 0.717) is 17.5 Å². The molecule has 0 saturated carbocycles. The Labute approximate surface area is 169 Å². The fraction of sp³-hybridized carbons (Fsp3) is 0.318. The van der Waals surface area contributed by atoms with Gasteiger partial charge in [-0.05, 0) is 30.8 Å². The zero-order valence-corrected chi connectivity index (χ0v) is 16.5. The van der Waals surface area contributed by atoms with Crippen LogP contribution in [0.1, 0.15) is 6.92 Å². The minimum Gasteiger partial charge on any atom is -0.484 e. The SMILES string of the molecule is CCN1CCN(C(=O)COc2ccc(-c3nc(-c4ccccc4)no3)cc2)CC1. The molecule has 0 atom stereocenters. The molecule has 0 bridgehead atoms. The fourth-order valence-corrected chi connectivity index (χ4v) is 3.29. The van der Waals surface area contributed by atoms with Gasteiger partial charge >= 0.3 is 0 Å². The first-order chi connectivity index (χ1) is 14.2. The molecule has 0 spiro atoms. The maximum absolute atomic E-state index is 12.3. The second kappa shape index (κ2) is 8.87. The summed E-state index contributed by atoms with van der Waals surface area (Å²) < 4.78 is 11.0. The molecule has 150 valence electrons. The van der Waals surface area contributed by atoms with Crippen molar-refractivity contribution < 1.29 is 14.1 Å². The number of carbonyl (C=O) groups is 1. The maximum Gasteiger partial charge on any atom is 0.260 e. The minimum absolute atomic E-state index is 0.0224. The average Bonchev–Trinajstić information content (AvgIpc) is 3.29. The Morgan fingerprint density at radius 3 is 2.41 bits per heavy atom. The molecule has 1 aliphatic rings. The first kappa shape index (κ1) is 19.1. The van der Waals surface area contributed by atoms with Gasteiger partial charge in [0.15, 0.2) is 6.61 Å². The lowest BCUT2D eigenvalue weighted by molar-refractivity contribution is -0.135. The second-order valence-electron chi connectivity index (χ2n) is 6.92. The van der Waals surface area contributed by atoms with Crippen LogP contribution in [-0.4, -0.2) is 65.2 Å². The number of nitrogens with zero attached hydrogens (tertiary/aromatic N) is 4. The largest absolute Gasteiger partial charge is 0.484 e. The summed E-state index contributed by atoms with van der Waals surface area (Å²) in [5.41, 5.74) is 1.70. The van der Waals surface area contributed by atoms with Crippen molar-refractivity contribution in [2.45, 2.75) is 6.92 Å². The first-order valence-electron chi connectivity index (χ1n) is 9.85. The van der Waals surface area contributed by atoms with Crippen LogP contribution in [0.3, 0.4) is 0 Å². The van der Waals surface area contributed by atoms with Gasteiger partial charge in [0.05, 0.1) is 0 Å². The normalized spacial score (nSPS) is 14.7. The molecule has 0 N–H and O–H groups in total. The predicted octanol–water partition coefficient (Wildman–Crippen LogP) is 2.95. The van der Waals surface area contributed by atoms with Crippen molar-refractivity contribution in [2.75, 3.05) is 39.3 Å². The quantitative estimate of drug-likeness (QED) is 0.642. The Morgan fingerprint density at radius 1 is 1.00 bits per heavy atom. The summed E-state index contributed by atoms with van der Waals surface area (Å²) in [5, 5.41) is 4.04. The predicted molar refractivity (Wildman–Crippen MR) is 109 cm³/mol. The van der Waals surface area contributed by atoms with Gasteiger partial charge in [-0.1, -0.05) is 42.4 Å². The highest BCUT2D eigenvalue weighted by Gasteiger charge is 2.20. The number of aromatic nitrogens is 2. The molecule has 2 aromatic carbocycles. The number of amides is 1. The van der Waals surface area contributed by atoms with Crippen LogP contribution in [0.5, 0.6) is 5.75 Å². The zero-order valence-electron chi connectivity index (χ0n) is 16.5. The number of hydrogen-bond donors (Lipinski definition) is 0. The monoisotopic (exact) mass is 392 g/mol. The van der Waals surface area contributed by atoms with Crippen LogP contribution in [0.15, 0.2) is 59.1 Å². The maximum atomic E-state index is 12.3. The third kappa shape index (κ3) is 4.63. The van der Waals surface area contributed by atoms with E-state index in [9.17, 15) is 4.79 Å². The summed E-state index contributed by atoms with van der Waals surface area (Å²) in [6.45, 7) is 6.58. The van der Waals surface area contributed by atoms with Gasteiger partial charge in [-0.2, -0.15) is 4.98 Å². The molecule has 1 aliphatic heterocycles. The van der Waals surface area contributed by atoms with E-state index >= 15 is 0 Å². The standard InChI is InChI=1S/C22H24N4O3/c1-2-25-12-14-26(15-13-25)20(27)16-28-19-10-8-18(9-11-19)22-23-21(24-29-22)17-6-4-3-5-7-17/h3-11H,2,12-16H2,1H3. The number of carbonyl (C=O) groups excluding carboxylic acids is 1. The van der Waals surface area contributed by atoms with Gasteiger partial charge < -0.3 is 19.1 Å². The molecule has 1 fully saturated rings. The minimum atomic E-state index is 0.0224. The highest BCUT2D eigenvalue weighted by molar-refractivity contribution is 5.78. The fourth-order valence-electron chi connectivity index (χ4n) is 3.29. The van der Waals surface area contributed by atoms with E-state index in [-0.39, 0.29) is 12.5 Å². The van der Waals surface area contributed by atoms with Crippen LogP contribution in [0, 0.1) is 0 Å². The average molecular weight is 392 g/mol. The van der Waals surface area contributed by atoms with Crippen LogP contribution in [0.2, 0.25) is 0 Å². The van der Waals surface area contributed by atoms with E-state index in [1.165, 1.54) is 0 Å². The molecular weight excluding hydrogens is 368 g/mol. The molecule has 3 aromatic rings. The van der Waals surface area contributed by atoms with Crippen molar-refractivity contribution >= 4 is 5.91 Å². The molecule has 4 rings (SSSR count). The summed E-state index contributed by atoms with van der Waals surface area (Å²) in [6.07, 6.45) is 0. The van der Waals surface area contributed by atoms with E-state index < -0.39 is 0 Å². The lowest BCUT2D eigenvalue weighted by atomic mass is 10.2. The Bertz CT molecular complexity index is 932. The summed E-state index contributed by atoms with van der Waals surface area (Å²) >= 11 is 0. The number of ether oxygens (including phenoxy) is 1. The summed E-state index contributed by atoms with van der Waals surface area (Å²) in [7, 11) is 0. The highest BCUT2D eigenvalue weighted by Crippen LogP contribution is 2.24. The Morgan fingerprint density at radius 2 is 1.72 bits per heavy atom. The third-order valence-electron chi connectivity index (χ3n) is 5.09. The lowest BCUT2D eigenvalue weighted by Crippen LogP contribution is -2.49. The molecular formula is C22H24N4O3. The molecule has 1 amide bonds. The summed E-state index contributed by atoms with van der Waals surface area (Å²) in [6, 6.07) is 17.0. The number of piperazine rings is 1. The van der Waals surface area contributed by atoms with Crippen LogP contribution in [-0.2, 0) is 4.79 Å². The van der Waals surface area contributed by atoms with Gasteiger partial charge in [0.2, 0.25) is 5.82 Å². The molecule has 0 radical (unpaired) electrons. The number of rotatable bonds is 6. The second-order valence-corrected chi connectivity index (χ2v) is 6.92. The molecule has 1 saturated heterocycles. The summed E-state index contributed by atoms with van der Waals surface area (Å²) in [4.78, 5) is 21.0. The molecule has 0 unspecified atom stereocenters. The lowest BCUT2D eigenvalue weighted by Gasteiger charge is -2.33. The van der Waals surface area contributed by atoms with Crippen LogP contribution >= 0.6 is 0 Å². The molecule has 7 nitrogen and oxygen atoms in total. The molecule has 1 aromatic heterocycles. The first-order valence-corrected chi connectivity index (χ1v) is 9.85. The van der Waals surface area contributed by atoms with Crippen LogP contribution < -0.4 is 4.74 Å². The Balaban J connectivity index is 1.33. The molecule has 7 heteroatoms. The third-order valence-corrected chi connectivity index (χ3v) is 5.09. The topological polar surface area (TPSA) is 71.7 Å². The number of likely N-dealkylation sites (N-methyl/N-ethyl adjacent to an activating group) is 1. The zero-order chi connectivity index (χ0) is 20.1. The molecule has 29 heavy (non-hydrogen) atoms. The van der Waals surface area contributed by atoms with Crippen molar-refractivity contribution in [1.82, 2.24) is 19.9 Å². The number of hydrogen-bond acceptors (Lipinski definition) is 6. The van der Waals surface area contributed by atoms with Crippen LogP contribution in [0.25, 0.3) is 22.8 Å². The van der Waals surface area contributed by atoms with Gasteiger partial charge in [-0.15, -0.1) is 0 Å². The van der Waals surface area contributed by atoms with E-state index in [1.807, 2.05) is 59.5 Å². The van der Waals surface area contributed by atoms with E-state index in [4.69, 9.17) is 9.26 Å². The van der Waals surface area contributed by atoms with Gasteiger partial charge in [-0.3, -0.25) is 4.79 Å². The van der Waals surface area contributed by atoms with Gasteiger partial charge in [0.1, 0.15) is 5.75 Å².